The van der Waals surface area contributed by atoms with Crippen molar-refractivity contribution in [3.63, 3.8) is 0 Å². The number of hydrogen-bond acceptors (Lipinski definition) is 3. The fourth-order valence-corrected chi connectivity index (χ4v) is 6.51. The van der Waals surface area contributed by atoms with Gasteiger partial charge in [-0.05, 0) is 41.4 Å². The van der Waals surface area contributed by atoms with Crippen LogP contribution in [0.1, 0.15) is 0 Å². The smallest absolute Gasteiger partial charge is 0.423 e. The number of rotatable bonds is 2. The van der Waals surface area contributed by atoms with Crippen molar-refractivity contribution in [2.45, 2.75) is 5.54 Å². The molecule has 1 aromatic heterocycles. The SMILES string of the molecule is OB(O)c1cnn(C23C4C5C6C4C2C6C53)c1. The molecular formula is C11H11BN2O2. The Balaban J connectivity index is 1.48. The van der Waals surface area contributed by atoms with E-state index >= 15 is 0 Å². The van der Waals surface area contributed by atoms with Gasteiger partial charge in [-0.25, -0.2) is 0 Å². The van der Waals surface area contributed by atoms with Gasteiger partial charge in [-0.2, -0.15) is 5.10 Å². The highest BCUT2D eigenvalue weighted by Crippen LogP contribution is 3.04. The van der Waals surface area contributed by atoms with E-state index in [2.05, 4.69) is 9.78 Å². The van der Waals surface area contributed by atoms with E-state index in [1.54, 1.807) is 6.20 Å². The molecule has 4 nitrogen and oxygen atoms in total. The van der Waals surface area contributed by atoms with Crippen molar-refractivity contribution in [3.05, 3.63) is 12.4 Å². The third-order valence-corrected chi connectivity index (χ3v) is 6.72. The van der Waals surface area contributed by atoms with Crippen molar-refractivity contribution < 1.29 is 10.0 Å². The Labute approximate surface area is 92.4 Å². The van der Waals surface area contributed by atoms with Gasteiger partial charge in [0, 0.05) is 17.9 Å². The lowest BCUT2D eigenvalue weighted by molar-refractivity contribution is -0.603. The minimum Gasteiger partial charge on any atom is -0.423 e. The number of aromatic nitrogens is 2. The first kappa shape index (κ1) is 7.51. The first-order valence-corrected chi connectivity index (χ1v) is 6.19. The van der Waals surface area contributed by atoms with Crippen LogP contribution in [0.5, 0.6) is 0 Å². The van der Waals surface area contributed by atoms with Gasteiger partial charge in [0.05, 0.1) is 5.54 Å². The van der Waals surface area contributed by atoms with E-state index in [4.69, 9.17) is 10.0 Å². The summed E-state index contributed by atoms with van der Waals surface area (Å²) in [7, 11) is -1.37. The molecule has 0 bridgehead atoms. The Hall–Kier alpha value is -0.805. The molecule has 6 aliphatic rings. The molecule has 0 radical (unpaired) electrons. The van der Waals surface area contributed by atoms with Gasteiger partial charge in [0.25, 0.3) is 0 Å². The van der Waals surface area contributed by atoms with Gasteiger partial charge in [-0.1, -0.05) is 0 Å². The van der Waals surface area contributed by atoms with Gasteiger partial charge in [0.2, 0.25) is 0 Å². The fourth-order valence-electron chi connectivity index (χ4n) is 6.51. The molecule has 1 heterocycles. The Morgan fingerprint density at radius 2 is 1.75 bits per heavy atom. The van der Waals surface area contributed by atoms with Crippen LogP contribution in [0.15, 0.2) is 12.4 Å². The van der Waals surface area contributed by atoms with E-state index in [9.17, 15) is 0 Å². The molecule has 0 atom stereocenters. The highest BCUT2D eigenvalue weighted by molar-refractivity contribution is 6.58. The van der Waals surface area contributed by atoms with Crippen LogP contribution in [-0.2, 0) is 5.54 Å². The standard InChI is InChI=1S/C11H11BN2O2/c15-12(16)3-1-13-14(2-3)11-8-5-4-6(8)10(11)7(4)9(5)11/h1-2,4-10,15-16H. The minimum absolute atomic E-state index is 0.349. The van der Waals surface area contributed by atoms with Crippen molar-refractivity contribution in [1.29, 1.82) is 0 Å². The van der Waals surface area contributed by atoms with Crippen molar-refractivity contribution in [2.24, 2.45) is 41.4 Å². The molecule has 6 saturated carbocycles. The molecule has 5 heteroatoms. The zero-order chi connectivity index (χ0) is 10.4. The van der Waals surface area contributed by atoms with Crippen LogP contribution >= 0.6 is 0 Å². The van der Waals surface area contributed by atoms with E-state index in [-0.39, 0.29) is 0 Å². The molecule has 0 unspecified atom stereocenters. The number of hydrogen-bond donors (Lipinski definition) is 2. The monoisotopic (exact) mass is 214 g/mol. The topological polar surface area (TPSA) is 58.3 Å². The van der Waals surface area contributed by atoms with E-state index in [1.807, 2.05) is 6.20 Å². The van der Waals surface area contributed by atoms with Gasteiger partial charge in [-0.3, -0.25) is 4.68 Å². The summed E-state index contributed by atoms with van der Waals surface area (Å²) in [6, 6.07) is 0. The molecule has 16 heavy (non-hydrogen) atoms. The molecule has 7 rings (SSSR count). The zero-order valence-corrected chi connectivity index (χ0v) is 8.56. The molecule has 6 fully saturated rings. The van der Waals surface area contributed by atoms with Crippen LogP contribution in [0.4, 0.5) is 0 Å². The second kappa shape index (κ2) is 1.69. The summed E-state index contributed by atoms with van der Waals surface area (Å²) >= 11 is 0. The van der Waals surface area contributed by atoms with E-state index < -0.39 is 7.12 Å². The lowest BCUT2D eigenvalue weighted by atomic mass is 8.98. The first-order chi connectivity index (χ1) is 7.78. The summed E-state index contributed by atoms with van der Waals surface area (Å²) in [6.45, 7) is 0. The second-order valence-electron chi connectivity index (χ2n) is 6.37. The third-order valence-electron chi connectivity index (χ3n) is 6.72. The van der Waals surface area contributed by atoms with E-state index in [0.717, 1.165) is 41.4 Å². The van der Waals surface area contributed by atoms with Crippen molar-refractivity contribution in [2.75, 3.05) is 0 Å². The van der Waals surface area contributed by atoms with Crippen LogP contribution in [0.2, 0.25) is 0 Å². The zero-order valence-electron chi connectivity index (χ0n) is 8.56. The predicted molar refractivity (Wildman–Crippen MR) is 54.5 cm³/mol. The molecule has 0 aliphatic heterocycles. The van der Waals surface area contributed by atoms with E-state index in [0.29, 0.717) is 11.0 Å². The summed E-state index contributed by atoms with van der Waals surface area (Å²) < 4.78 is 2.07. The molecule has 0 spiro atoms. The fraction of sp³-hybridized carbons (Fsp3) is 0.727. The van der Waals surface area contributed by atoms with Crippen LogP contribution in [0, 0.1) is 41.4 Å². The molecule has 2 N–H and O–H groups in total. The van der Waals surface area contributed by atoms with Crippen LogP contribution in [0.3, 0.4) is 0 Å². The largest absolute Gasteiger partial charge is 0.491 e. The highest BCUT2D eigenvalue weighted by atomic mass is 16.4. The van der Waals surface area contributed by atoms with Gasteiger partial charge in [0.15, 0.2) is 0 Å². The minimum atomic E-state index is -1.37. The van der Waals surface area contributed by atoms with Crippen LogP contribution in [0.25, 0.3) is 0 Å². The first-order valence-electron chi connectivity index (χ1n) is 6.19. The molecule has 0 saturated heterocycles. The van der Waals surface area contributed by atoms with Crippen LogP contribution < -0.4 is 5.46 Å². The summed E-state index contributed by atoms with van der Waals surface area (Å²) in [4.78, 5) is 0. The van der Waals surface area contributed by atoms with Crippen molar-refractivity contribution >= 4 is 12.6 Å². The summed E-state index contributed by atoms with van der Waals surface area (Å²) in [5, 5.41) is 22.6. The Morgan fingerprint density at radius 1 is 1.12 bits per heavy atom. The maximum atomic E-state index is 9.12. The van der Waals surface area contributed by atoms with Gasteiger partial charge in [-0.15, -0.1) is 0 Å². The van der Waals surface area contributed by atoms with Gasteiger partial charge >= 0.3 is 7.12 Å². The predicted octanol–water partition coefficient (Wildman–Crippen LogP) is -1.36. The van der Waals surface area contributed by atoms with Crippen LogP contribution in [-0.4, -0.2) is 26.9 Å². The summed E-state index contributed by atoms with van der Waals surface area (Å²) in [5.41, 5.74) is 0.885. The molecule has 80 valence electrons. The second-order valence-corrected chi connectivity index (χ2v) is 6.37. The number of nitrogens with zero attached hydrogens (tertiary/aromatic N) is 2. The maximum Gasteiger partial charge on any atom is 0.491 e. The quantitative estimate of drug-likeness (QED) is 0.598. The molecule has 0 aromatic carbocycles. The molecular weight excluding hydrogens is 203 g/mol. The molecule has 6 aliphatic carbocycles. The lowest BCUT2D eigenvalue weighted by Crippen LogP contribution is -3.08. The average Bonchev–Trinajstić information content (AvgIpc) is 2.79. The average molecular weight is 214 g/mol. The van der Waals surface area contributed by atoms with Gasteiger partial charge in [0.1, 0.15) is 0 Å². The Kier molecular flexibility index (Phi) is 0.795. The maximum absolute atomic E-state index is 9.12. The molecule has 0 amide bonds. The van der Waals surface area contributed by atoms with Crippen molar-refractivity contribution in [3.8, 4) is 0 Å². The Morgan fingerprint density at radius 3 is 2.25 bits per heavy atom. The third kappa shape index (κ3) is 0.376. The lowest BCUT2D eigenvalue weighted by Gasteiger charge is -3.06. The van der Waals surface area contributed by atoms with Crippen molar-refractivity contribution in [1.82, 2.24) is 9.78 Å². The van der Waals surface area contributed by atoms with E-state index in [1.165, 1.54) is 0 Å². The Bertz CT molecular complexity index is 503. The molecule has 1 aromatic rings. The summed E-state index contributed by atoms with van der Waals surface area (Å²) in [5.74, 6) is 6.92. The van der Waals surface area contributed by atoms with Gasteiger partial charge < -0.3 is 10.0 Å². The summed E-state index contributed by atoms with van der Waals surface area (Å²) in [6.07, 6.45) is 3.46. The normalized spacial score (nSPS) is 64.5. The highest BCUT2D eigenvalue weighted by Gasteiger charge is 3.05.